The molecule has 0 aromatic carbocycles. The SMILES string of the molecule is CCCC=C(C=CCF)C(N)=C(C=N)c1ccc2[n+](c1)C(C)(c1nccc[nH+]1)CN2. The first-order valence-corrected chi connectivity index (χ1v) is 10.1. The molecule has 1 aliphatic heterocycles. The molecule has 1 aliphatic rings. The van der Waals surface area contributed by atoms with Crippen LogP contribution >= 0.6 is 0 Å². The first-order valence-electron chi connectivity index (χ1n) is 10.1. The number of nitrogens with zero attached hydrogens (tertiary/aromatic N) is 2. The number of aromatic nitrogens is 3. The third-order valence-corrected chi connectivity index (χ3v) is 5.31. The van der Waals surface area contributed by atoms with Crippen molar-refractivity contribution in [2.75, 3.05) is 18.5 Å². The fraction of sp³-hybridized carbons (Fsp3) is 0.304. The first kappa shape index (κ1) is 21.4. The standard InChI is InChI=1S/C23H27FN6/c1-3-4-7-17(8-5-11-24)21(26)19(14-25)18-9-10-20-29-16-23(2,30(20)15-18)22-27-12-6-13-28-22/h5-10,12-15H,3-4,11,16H2,1-2H3,(H3,25,26)/p+2. The first-order chi connectivity index (χ1) is 14.5. The fourth-order valence-corrected chi connectivity index (χ4v) is 3.59. The Balaban J connectivity index is 2.09. The van der Waals surface area contributed by atoms with Gasteiger partial charge in [-0.25, -0.2) is 13.9 Å². The molecule has 0 bridgehead atoms. The van der Waals surface area contributed by atoms with Gasteiger partial charge in [0.15, 0.2) is 0 Å². The zero-order chi connectivity index (χ0) is 21.6. The molecule has 0 spiro atoms. The topological polar surface area (TPSA) is 92.8 Å². The third kappa shape index (κ3) is 4.15. The Labute approximate surface area is 176 Å². The number of aromatic amines is 1. The molecule has 1 unspecified atom stereocenters. The highest BCUT2D eigenvalue weighted by Gasteiger charge is 2.49. The van der Waals surface area contributed by atoms with Gasteiger partial charge in [-0.15, -0.1) is 0 Å². The van der Waals surface area contributed by atoms with Crippen molar-refractivity contribution in [3.63, 3.8) is 0 Å². The molecule has 30 heavy (non-hydrogen) atoms. The molecule has 0 aliphatic carbocycles. The number of H-pyrrole nitrogens is 1. The number of hydrogen-bond donors (Lipinski definition) is 3. The molecule has 5 N–H and O–H groups in total. The summed E-state index contributed by atoms with van der Waals surface area (Å²) in [6.45, 7) is 4.30. The average molecular weight is 409 g/mol. The lowest BCUT2D eigenvalue weighted by molar-refractivity contribution is -0.738. The van der Waals surface area contributed by atoms with Gasteiger partial charge in [-0.3, -0.25) is 5.32 Å². The maximum Gasteiger partial charge on any atom is 0.348 e. The van der Waals surface area contributed by atoms with Crippen molar-refractivity contribution in [1.82, 2.24) is 4.98 Å². The second kappa shape index (κ2) is 9.43. The van der Waals surface area contributed by atoms with E-state index in [4.69, 9.17) is 11.1 Å². The number of alkyl halides is 1. The fourth-order valence-electron chi connectivity index (χ4n) is 3.59. The largest absolute Gasteiger partial charge is 0.398 e. The molecule has 0 amide bonds. The van der Waals surface area contributed by atoms with Crippen molar-refractivity contribution < 1.29 is 13.9 Å². The van der Waals surface area contributed by atoms with Crippen LogP contribution in [0.4, 0.5) is 10.2 Å². The normalized spacial score (nSPS) is 19.4. The van der Waals surface area contributed by atoms with Crippen LogP contribution in [0.15, 0.2) is 66.3 Å². The summed E-state index contributed by atoms with van der Waals surface area (Å²) in [5.74, 6) is 1.79. The van der Waals surface area contributed by atoms with Crippen molar-refractivity contribution in [2.24, 2.45) is 5.73 Å². The minimum absolute atomic E-state index is 0.413. The van der Waals surface area contributed by atoms with Crippen LogP contribution in [-0.2, 0) is 5.54 Å². The zero-order valence-electron chi connectivity index (χ0n) is 17.5. The van der Waals surface area contributed by atoms with Crippen molar-refractivity contribution in [1.29, 1.82) is 5.41 Å². The number of hydrogen-bond acceptors (Lipinski definition) is 4. The monoisotopic (exact) mass is 408 g/mol. The zero-order valence-corrected chi connectivity index (χ0v) is 17.5. The molecule has 0 fully saturated rings. The van der Waals surface area contributed by atoms with Crippen LogP contribution < -0.4 is 20.6 Å². The minimum atomic E-state index is -0.560. The van der Waals surface area contributed by atoms with Gasteiger partial charge in [-0.05, 0) is 30.0 Å². The number of nitrogens with one attached hydrogen (secondary N) is 3. The van der Waals surface area contributed by atoms with Crippen LogP contribution in [0, 0.1) is 5.41 Å². The number of fused-ring (bicyclic) bond motifs is 1. The molecular weight excluding hydrogens is 379 g/mol. The Hall–Kier alpha value is -3.35. The average Bonchev–Trinajstić information content (AvgIpc) is 3.12. The number of rotatable bonds is 8. The lowest BCUT2D eigenvalue weighted by Crippen LogP contribution is -2.56. The summed E-state index contributed by atoms with van der Waals surface area (Å²) >= 11 is 0. The van der Waals surface area contributed by atoms with Gasteiger partial charge in [0.05, 0.1) is 6.20 Å². The van der Waals surface area contributed by atoms with Crippen molar-refractivity contribution in [3.8, 4) is 0 Å². The molecule has 0 saturated carbocycles. The van der Waals surface area contributed by atoms with E-state index in [1.807, 2.05) is 36.7 Å². The van der Waals surface area contributed by atoms with Crippen LogP contribution in [-0.4, -0.2) is 24.4 Å². The smallest absolute Gasteiger partial charge is 0.348 e. The van der Waals surface area contributed by atoms with Crippen LogP contribution in [0.5, 0.6) is 0 Å². The Morgan fingerprint density at radius 2 is 2.30 bits per heavy atom. The lowest BCUT2D eigenvalue weighted by atomic mass is 9.98. The molecule has 2 aromatic heterocycles. The number of allylic oxidation sites excluding steroid dienone is 4. The molecule has 0 radical (unpaired) electrons. The van der Waals surface area contributed by atoms with Gasteiger partial charge in [-0.2, -0.15) is 0 Å². The Morgan fingerprint density at radius 1 is 1.47 bits per heavy atom. The summed E-state index contributed by atoms with van der Waals surface area (Å²) in [5.41, 5.74) is 8.64. The van der Waals surface area contributed by atoms with E-state index in [9.17, 15) is 4.39 Å². The highest BCUT2D eigenvalue weighted by atomic mass is 19.1. The van der Waals surface area contributed by atoms with E-state index in [1.54, 1.807) is 12.3 Å². The van der Waals surface area contributed by atoms with E-state index in [0.29, 0.717) is 17.8 Å². The van der Waals surface area contributed by atoms with Gasteiger partial charge in [0.25, 0.3) is 5.82 Å². The highest BCUT2D eigenvalue weighted by Crippen LogP contribution is 2.27. The summed E-state index contributed by atoms with van der Waals surface area (Å²) in [5, 5.41) is 11.4. The second-order valence-corrected chi connectivity index (χ2v) is 7.41. The second-order valence-electron chi connectivity index (χ2n) is 7.41. The van der Waals surface area contributed by atoms with Gasteiger partial charge in [0.1, 0.15) is 25.6 Å². The van der Waals surface area contributed by atoms with Gasteiger partial charge in [0, 0.05) is 35.2 Å². The van der Waals surface area contributed by atoms with Crippen LogP contribution in [0.2, 0.25) is 0 Å². The molecule has 7 heteroatoms. The van der Waals surface area contributed by atoms with E-state index in [-0.39, 0.29) is 0 Å². The molecule has 0 saturated heterocycles. The van der Waals surface area contributed by atoms with E-state index < -0.39 is 12.2 Å². The molecule has 3 rings (SSSR count). The Morgan fingerprint density at radius 3 is 2.97 bits per heavy atom. The maximum absolute atomic E-state index is 12.7. The molecule has 2 aromatic rings. The molecule has 6 nitrogen and oxygen atoms in total. The molecule has 3 heterocycles. The van der Waals surface area contributed by atoms with Crippen molar-refractivity contribution in [2.45, 2.75) is 32.2 Å². The van der Waals surface area contributed by atoms with Crippen molar-refractivity contribution >= 4 is 17.6 Å². The molecule has 1 atom stereocenters. The summed E-state index contributed by atoms with van der Waals surface area (Å²) in [6.07, 6.45) is 13.8. The highest BCUT2D eigenvalue weighted by molar-refractivity contribution is 6.10. The number of anilines is 1. The van der Waals surface area contributed by atoms with Gasteiger partial charge in [-0.1, -0.05) is 31.6 Å². The van der Waals surface area contributed by atoms with Crippen LogP contribution in [0.25, 0.3) is 5.57 Å². The summed E-state index contributed by atoms with van der Waals surface area (Å²) in [4.78, 5) is 7.74. The quantitative estimate of drug-likeness (QED) is 0.356. The number of unbranched alkanes of at least 4 members (excludes halogenated alkanes) is 1. The predicted molar refractivity (Wildman–Crippen MR) is 117 cm³/mol. The van der Waals surface area contributed by atoms with Crippen molar-refractivity contribution in [3.05, 3.63) is 77.7 Å². The Bertz CT molecular complexity index is 996. The number of nitrogens with two attached hydrogens (primary N) is 1. The lowest BCUT2D eigenvalue weighted by Gasteiger charge is -2.15. The van der Waals surface area contributed by atoms with Crippen LogP contribution in [0.3, 0.4) is 0 Å². The maximum atomic E-state index is 12.7. The number of pyridine rings is 1. The van der Waals surface area contributed by atoms with E-state index in [2.05, 4.69) is 33.7 Å². The van der Waals surface area contributed by atoms with E-state index in [1.165, 1.54) is 12.3 Å². The van der Waals surface area contributed by atoms with Gasteiger partial charge < -0.3 is 11.1 Å². The third-order valence-electron chi connectivity index (χ3n) is 5.31. The van der Waals surface area contributed by atoms with Gasteiger partial charge >= 0.3 is 5.82 Å². The molecule has 156 valence electrons. The molecular formula is C23H29FN6+2. The summed E-state index contributed by atoms with van der Waals surface area (Å²) < 4.78 is 14.8. The Kier molecular flexibility index (Phi) is 6.72. The van der Waals surface area contributed by atoms with Gasteiger partial charge in [0.2, 0.25) is 5.54 Å². The summed E-state index contributed by atoms with van der Waals surface area (Å²) in [6, 6.07) is 5.77. The van der Waals surface area contributed by atoms with E-state index >= 15 is 0 Å². The predicted octanol–water partition coefficient (Wildman–Crippen LogP) is 2.94. The van der Waals surface area contributed by atoms with E-state index in [0.717, 1.165) is 35.6 Å². The minimum Gasteiger partial charge on any atom is -0.398 e. The summed E-state index contributed by atoms with van der Waals surface area (Å²) in [7, 11) is 0. The number of halogens is 1. The van der Waals surface area contributed by atoms with Crippen LogP contribution in [0.1, 0.15) is 38.1 Å².